The summed E-state index contributed by atoms with van der Waals surface area (Å²) < 4.78 is 0. The Morgan fingerprint density at radius 3 is 2.62 bits per heavy atom. The van der Waals surface area contributed by atoms with Crippen molar-refractivity contribution in [3.63, 3.8) is 0 Å². The summed E-state index contributed by atoms with van der Waals surface area (Å²) in [4.78, 5) is 9.99. The second-order valence-electron chi connectivity index (χ2n) is 2.61. The summed E-state index contributed by atoms with van der Waals surface area (Å²) in [5.41, 5.74) is 1.49. The molecule has 0 aromatic heterocycles. The number of hydrogen-bond donors (Lipinski definition) is 1. The number of nitro groups is 1. The average molecular weight is 201 g/mol. The Morgan fingerprint density at radius 1 is 1.54 bits per heavy atom. The van der Waals surface area contributed by atoms with E-state index in [2.05, 4.69) is 5.32 Å². The van der Waals surface area contributed by atoms with Gasteiger partial charge in [-0.1, -0.05) is 11.6 Å². The molecule has 0 aliphatic rings. The highest BCUT2D eigenvalue weighted by atomic mass is 35.5. The molecular formula is C8H9ClN2O2. The molecule has 0 unspecified atom stereocenters. The molecule has 0 spiro atoms. The summed E-state index contributed by atoms with van der Waals surface area (Å²) in [6.07, 6.45) is 0. The van der Waals surface area contributed by atoms with Gasteiger partial charge in [0.1, 0.15) is 0 Å². The van der Waals surface area contributed by atoms with E-state index in [1.807, 2.05) is 0 Å². The lowest BCUT2D eigenvalue weighted by Crippen LogP contribution is -1.95. The van der Waals surface area contributed by atoms with Crippen LogP contribution in [-0.4, -0.2) is 12.0 Å². The molecule has 70 valence electrons. The van der Waals surface area contributed by atoms with Crippen LogP contribution < -0.4 is 5.32 Å². The highest BCUT2D eigenvalue weighted by Gasteiger charge is 2.11. The van der Waals surface area contributed by atoms with Crippen LogP contribution in [0.2, 0.25) is 5.02 Å². The van der Waals surface area contributed by atoms with Crippen molar-refractivity contribution in [2.24, 2.45) is 0 Å². The van der Waals surface area contributed by atoms with Gasteiger partial charge in [0, 0.05) is 24.9 Å². The van der Waals surface area contributed by atoms with Crippen molar-refractivity contribution in [3.8, 4) is 0 Å². The zero-order valence-corrected chi connectivity index (χ0v) is 8.05. The predicted molar refractivity (Wildman–Crippen MR) is 52.4 cm³/mol. The minimum Gasteiger partial charge on any atom is -0.388 e. The molecular weight excluding hydrogens is 192 g/mol. The number of halogens is 1. The van der Waals surface area contributed by atoms with E-state index in [0.717, 1.165) is 5.56 Å². The SMILES string of the molecule is CNc1cc([N+](=O)[O-])cc(Cl)c1C. The maximum absolute atomic E-state index is 10.5. The summed E-state index contributed by atoms with van der Waals surface area (Å²) in [5.74, 6) is 0. The lowest BCUT2D eigenvalue weighted by Gasteiger charge is -2.05. The number of rotatable bonds is 2. The fourth-order valence-electron chi connectivity index (χ4n) is 1.03. The standard InChI is InChI=1S/C8H9ClN2O2/c1-5-7(9)3-6(11(12)13)4-8(5)10-2/h3-4,10H,1-2H3. The van der Waals surface area contributed by atoms with E-state index in [1.165, 1.54) is 12.1 Å². The molecule has 1 aromatic carbocycles. The average Bonchev–Trinajstić information content (AvgIpc) is 2.09. The first-order valence-electron chi connectivity index (χ1n) is 3.68. The molecule has 0 saturated heterocycles. The second kappa shape index (κ2) is 3.62. The highest BCUT2D eigenvalue weighted by Crippen LogP contribution is 2.28. The Balaban J connectivity index is 3.30. The van der Waals surface area contributed by atoms with Crippen molar-refractivity contribution in [2.75, 3.05) is 12.4 Å². The zero-order chi connectivity index (χ0) is 10.0. The van der Waals surface area contributed by atoms with Crippen LogP contribution >= 0.6 is 11.6 Å². The summed E-state index contributed by atoms with van der Waals surface area (Å²) in [6.45, 7) is 1.80. The monoisotopic (exact) mass is 200 g/mol. The van der Waals surface area contributed by atoms with E-state index in [1.54, 1.807) is 14.0 Å². The number of hydrogen-bond acceptors (Lipinski definition) is 3. The van der Waals surface area contributed by atoms with Gasteiger partial charge in [-0.3, -0.25) is 10.1 Å². The molecule has 0 aliphatic carbocycles. The molecule has 0 bridgehead atoms. The van der Waals surface area contributed by atoms with Crippen LogP contribution in [-0.2, 0) is 0 Å². The van der Waals surface area contributed by atoms with Gasteiger partial charge in [-0.2, -0.15) is 0 Å². The molecule has 0 atom stereocenters. The third kappa shape index (κ3) is 1.89. The number of nitrogens with one attached hydrogen (secondary N) is 1. The Kier molecular flexibility index (Phi) is 2.72. The molecule has 0 heterocycles. The van der Waals surface area contributed by atoms with Crippen LogP contribution in [0.15, 0.2) is 12.1 Å². The Hall–Kier alpha value is -1.29. The molecule has 1 N–H and O–H groups in total. The van der Waals surface area contributed by atoms with Gasteiger partial charge in [0.15, 0.2) is 0 Å². The summed E-state index contributed by atoms with van der Waals surface area (Å²) in [6, 6.07) is 2.80. The van der Waals surface area contributed by atoms with E-state index in [9.17, 15) is 10.1 Å². The van der Waals surface area contributed by atoms with Crippen LogP contribution in [0.1, 0.15) is 5.56 Å². The van der Waals surface area contributed by atoms with Gasteiger partial charge in [-0.05, 0) is 12.5 Å². The minimum atomic E-state index is -0.466. The lowest BCUT2D eigenvalue weighted by molar-refractivity contribution is -0.384. The number of nitro benzene ring substituents is 1. The van der Waals surface area contributed by atoms with E-state index in [4.69, 9.17) is 11.6 Å². The van der Waals surface area contributed by atoms with Gasteiger partial charge in [-0.25, -0.2) is 0 Å². The lowest BCUT2D eigenvalue weighted by atomic mass is 10.2. The molecule has 4 nitrogen and oxygen atoms in total. The van der Waals surface area contributed by atoms with Gasteiger partial charge >= 0.3 is 0 Å². The molecule has 13 heavy (non-hydrogen) atoms. The molecule has 0 amide bonds. The maximum Gasteiger partial charge on any atom is 0.273 e. The molecule has 1 rings (SSSR count). The van der Waals surface area contributed by atoms with E-state index >= 15 is 0 Å². The minimum absolute atomic E-state index is 0.0000463. The van der Waals surface area contributed by atoms with Gasteiger partial charge < -0.3 is 5.32 Å². The Bertz CT molecular complexity index is 352. The van der Waals surface area contributed by atoms with Gasteiger partial charge in [-0.15, -0.1) is 0 Å². The molecule has 0 aliphatic heterocycles. The number of anilines is 1. The van der Waals surface area contributed by atoms with Crippen molar-refractivity contribution in [1.29, 1.82) is 0 Å². The van der Waals surface area contributed by atoms with E-state index in [-0.39, 0.29) is 5.69 Å². The van der Waals surface area contributed by atoms with Gasteiger partial charge in [0.2, 0.25) is 0 Å². The number of benzene rings is 1. The molecule has 5 heteroatoms. The van der Waals surface area contributed by atoms with Crippen LogP contribution in [0.5, 0.6) is 0 Å². The third-order valence-electron chi connectivity index (χ3n) is 1.81. The normalized spacial score (nSPS) is 9.77. The van der Waals surface area contributed by atoms with Crippen molar-refractivity contribution < 1.29 is 4.92 Å². The van der Waals surface area contributed by atoms with Crippen molar-refractivity contribution in [1.82, 2.24) is 0 Å². The highest BCUT2D eigenvalue weighted by molar-refractivity contribution is 6.32. The van der Waals surface area contributed by atoms with Crippen LogP contribution in [0.4, 0.5) is 11.4 Å². The summed E-state index contributed by atoms with van der Waals surface area (Å²) in [5, 5.41) is 13.7. The topological polar surface area (TPSA) is 55.2 Å². The predicted octanol–water partition coefficient (Wildman–Crippen LogP) is 2.60. The molecule has 0 radical (unpaired) electrons. The fraction of sp³-hybridized carbons (Fsp3) is 0.250. The van der Waals surface area contributed by atoms with Crippen molar-refractivity contribution in [3.05, 3.63) is 32.8 Å². The molecule has 1 aromatic rings. The Morgan fingerprint density at radius 2 is 2.15 bits per heavy atom. The summed E-state index contributed by atoms with van der Waals surface area (Å²) >= 11 is 5.80. The maximum atomic E-state index is 10.5. The van der Waals surface area contributed by atoms with Gasteiger partial charge in [0.25, 0.3) is 5.69 Å². The summed E-state index contributed by atoms with van der Waals surface area (Å²) in [7, 11) is 1.70. The number of non-ortho nitro benzene ring substituents is 1. The largest absolute Gasteiger partial charge is 0.388 e. The molecule has 0 saturated carbocycles. The van der Waals surface area contributed by atoms with Crippen LogP contribution in [0.25, 0.3) is 0 Å². The quantitative estimate of drug-likeness (QED) is 0.590. The number of nitrogens with zero attached hydrogens (tertiary/aromatic N) is 1. The van der Waals surface area contributed by atoms with Crippen molar-refractivity contribution in [2.45, 2.75) is 6.92 Å². The van der Waals surface area contributed by atoms with Gasteiger partial charge in [0.05, 0.1) is 9.95 Å². The zero-order valence-electron chi connectivity index (χ0n) is 7.30. The van der Waals surface area contributed by atoms with Crippen molar-refractivity contribution >= 4 is 23.0 Å². The van der Waals surface area contributed by atoms with Crippen LogP contribution in [0.3, 0.4) is 0 Å². The fourth-order valence-corrected chi connectivity index (χ4v) is 1.24. The second-order valence-corrected chi connectivity index (χ2v) is 3.01. The smallest absolute Gasteiger partial charge is 0.273 e. The van der Waals surface area contributed by atoms with E-state index in [0.29, 0.717) is 10.7 Å². The third-order valence-corrected chi connectivity index (χ3v) is 2.20. The first-order chi connectivity index (χ1) is 6.06. The van der Waals surface area contributed by atoms with Crippen LogP contribution in [0, 0.1) is 17.0 Å². The molecule has 0 fully saturated rings. The first-order valence-corrected chi connectivity index (χ1v) is 4.06. The first kappa shape index (κ1) is 9.80. The van der Waals surface area contributed by atoms with E-state index < -0.39 is 4.92 Å². The Labute approximate surface area is 80.7 Å².